The molecule has 0 amide bonds. The van der Waals surface area contributed by atoms with Crippen LogP contribution in [0.1, 0.15) is 33.3 Å². The Morgan fingerprint density at radius 3 is 1.52 bits per heavy atom. The van der Waals surface area contributed by atoms with E-state index < -0.39 is 23.4 Å². The third-order valence-electron chi connectivity index (χ3n) is 4.03. The molecular formula is C23H27BrF2O5. The number of halogens is 3. The Balaban J connectivity index is 0.000000500. The van der Waals surface area contributed by atoms with Gasteiger partial charge in [-0.05, 0) is 42.0 Å². The zero-order valence-electron chi connectivity index (χ0n) is 17.9. The molecule has 5 nitrogen and oxygen atoms in total. The van der Waals surface area contributed by atoms with Crippen LogP contribution in [-0.2, 0) is 24.7 Å². The number of hydrogen-bond donors (Lipinski definition) is 1. The molecule has 0 spiro atoms. The van der Waals surface area contributed by atoms with Crippen molar-refractivity contribution in [3.8, 4) is 0 Å². The van der Waals surface area contributed by atoms with Crippen molar-refractivity contribution in [2.45, 2.75) is 33.3 Å². The van der Waals surface area contributed by atoms with Gasteiger partial charge in [0.1, 0.15) is 24.8 Å². The quantitative estimate of drug-likeness (QED) is 0.541. The molecule has 2 aromatic rings. The molecule has 0 atom stereocenters. The third kappa shape index (κ3) is 9.57. The highest BCUT2D eigenvalue weighted by atomic mass is 79.9. The maximum atomic E-state index is 13.1. The molecule has 0 bridgehead atoms. The predicted octanol–water partition coefficient (Wildman–Crippen LogP) is 5.00. The first kappa shape index (κ1) is 26.7. The Bertz CT molecular complexity index is 791. The lowest BCUT2D eigenvalue weighted by Gasteiger charge is -2.28. The topological polar surface area (TPSA) is 72.8 Å². The maximum Gasteiger partial charge on any atom is 0.308 e. The van der Waals surface area contributed by atoms with Gasteiger partial charge < -0.3 is 14.6 Å². The van der Waals surface area contributed by atoms with Crippen molar-refractivity contribution in [2.24, 2.45) is 11.8 Å². The van der Waals surface area contributed by atoms with Gasteiger partial charge in [-0.1, -0.05) is 55.8 Å². The molecule has 1 N–H and O–H groups in total. The summed E-state index contributed by atoms with van der Waals surface area (Å²) >= 11 is 3.18. The summed E-state index contributed by atoms with van der Waals surface area (Å²) in [4.78, 5) is 23.2. The first-order valence-corrected chi connectivity index (χ1v) is 10.5. The van der Waals surface area contributed by atoms with Gasteiger partial charge in [0.05, 0.1) is 11.8 Å². The fraction of sp³-hybridized carbons (Fsp3) is 0.391. The fourth-order valence-electron chi connectivity index (χ4n) is 2.11. The van der Waals surface area contributed by atoms with Gasteiger partial charge >= 0.3 is 11.9 Å². The molecule has 0 saturated carbocycles. The van der Waals surface area contributed by atoms with Crippen LogP contribution in [0.3, 0.4) is 0 Å². The number of benzene rings is 2. The smallest absolute Gasteiger partial charge is 0.308 e. The van der Waals surface area contributed by atoms with E-state index in [9.17, 15) is 23.5 Å². The molecule has 0 aliphatic heterocycles. The summed E-state index contributed by atoms with van der Waals surface area (Å²) in [7, 11) is 0. The number of esters is 2. The third-order valence-corrected chi connectivity index (χ3v) is 4.56. The second-order valence-electron chi connectivity index (χ2n) is 7.50. The van der Waals surface area contributed by atoms with Gasteiger partial charge in [0.25, 0.3) is 0 Å². The van der Waals surface area contributed by atoms with Crippen LogP contribution in [0.5, 0.6) is 0 Å². The minimum absolute atomic E-state index is 0.201. The number of carbonyl (C=O) groups excluding carboxylic acids is 2. The van der Waals surface area contributed by atoms with E-state index in [0.717, 1.165) is 4.47 Å². The summed E-state index contributed by atoms with van der Waals surface area (Å²) in [5.41, 5.74) is -1.44. The lowest BCUT2D eigenvalue weighted by Crippen LogP contribution is -2.39. The molecule has 0 fully saturated rings. The van der Waals surface area contributed by atoms with Gasteiger partial charge in [0.15, 0.2) is 5.60 Å². The van der Waals surface area contributed by atoms with E-state index in [2.05, 4.69) is 15.9 Å². The summed E-state index contributed by atoms with van der Waals surface area (Å²) in [6.45, 7) is 5.88. The Labute approximate surface area is 189 Å². The van der Waals surface area contributed by atoms with Crippen molar-refractivity contribution in [2.75, 3.05) is 13.2 Å². The van der Waals surface area contributed by atoms with Crippen molar-refractivity contribution < 1.29 is 33.0 Å². The van der Waals surface area contributed by atoms with E-state index in [-0.39, 0.29) is 30.9 Å². The minimum Gasteiger partial charge on any atom is -0.462 e. The second kappa shape index (κ2) is 12.5. The maximum absolute atomic E-state index is 13.1. The highest BCUT2D eigenvalue weighted by Gasteiger charge is 2.34. The highest BCUT2D eigenvalue weighted by molar-refractivity contribution is 9.10. The highest BCUT2D eigenvalue weighted by Crippen LogP contribution is 2.24. The molecule has 0 heterocycles. The summed E-state index contributed by atoms with van der Waals surface area (Å²) in [6.07, 6.45) is 0. The molecule has 0 aromatic heterocycles. The average Bonchev–Trinajstić information content (AvgIpc) is 2.73. The summed E-state index contributed by atoms with van der Waals surface area (Å²) in [5.74, 6) is -2.35. The molecule has 31 heavy (non-hydrogen) atoms. The van der Waals surface area contributed by atoms with Gasteiger partial charge in [-0.3, -0.25) is 9.59 Å². The van der Waals surface area contributed by atoms with E-state index in [1.807, 2.05) is 0 Å². The molecular weight excluding hydrogens is 474 g/mol. The number of ether oxygens (including phenoxy) is 2. The molecule has 170 valence electrons. The van der Waals surface area contributed by atoms with Crippen LogP contribution in [-0.4, -0.2) is 30.3 Å². The Kier molecular flexibility index (Phi) is 10.8. The van der Waals surface area contributed by atoms with Gasteiger partial charge in [-0.15, -0.1) is 0 Å². The van der Waals surface area contributed by atoms with Crippen molar-refractivity contribution in [1.29, 1.82) is 0 Å². The van der Waals surface area contributed by atoms with E-state index in [0.29, 0.717) is 5.56 Å². The van der Waals surface area contributed by atoms with Gasteiger partial charge in [-0.2, -0.15) is 0 Å². The predicted molar refractivity (Wildman–Crippen MR) is 116 cm³/mol. The Hall–Kier alpha value is -2.32. The summed E-state index contributed by atoms with van der Waals surface area (Å²) in [5, 5.41) is 10.8. The lowest BCUT2D eigenvalue weighted by atomic mass is 9.95. The molecule has 0 aliphatic carbocycles. The average molecular weight is 501 g/mol. The van der Waals surface area contributed by atoms with Crippen LogP contribution in [0, 0.1) is 23.5 Å². The van der Waals surface area contributed by atoms with E-state index in [4.69, 9.17) is 9.47 Å². The van der Waals surface area contributed by atoms with Crippen molar-refractivity contribution >= 4 is 27.9 Å². The molecule has 0 aliphatic rings. The molecule has 2 rings (SSSR count). The van der Waals surface area contributed by atoms with Crippen LogP contribution in [0.4, 0.5) is 8.78 Å². The van der Waals surface area contributed by atoms with Crippen molar-refractivity contribution in [3.05, 3.63) is 70.2 Å². The number of hydrogen-bond acceptors (Lipinski definition) is 5. The molecule has 8 heteroatoms. The molecule has 0 unspecified atom stereocenters. The summed E-state index contributed by atoms with van der Waals surface area (Å²) in [6, 6.07) is 11.2. The SMILES string of the molecule is CC(C)C(=O)OCC(O)(COC(=O)C(C)C)c1ccc(F)cc1.Fc1ccc(Br)cc1. The Morgan fingerprint density at radius 1 is 0.839 bits per heavy atom. The monoisotopic (exact) mass is 500 g/mol. The van der Waals surface area contributed by atoms with Crippen molar-refractivity contribution in [1.82, 2.24) is 0 Å². The van der Waals surface area contributed by atoms with Gasteiger partial charge in [0, 0.05) is 4.47 Å². The summed E-state index contributed by atoms with van der Waals surface area (Å²) < 4.78 is 36.2. The van der Waals surface area contributed by atoms with Crippen LogP contribution < -0.4 is 0 Å². The molecule has 0 saturated heterocycles. The van der Waals surface area contributed by atoms with Crippen LogP contribution in [0.15, 0.2) is 53.0 Å². The second-order valence-corrected chi connectivity index (χ2v) is 8.42. The minimum atomic E-state index is -1.73. The lowest BCUT2D eigenvalue weighted by molar-refractivity contribution is -0.168. The molecule has 0 radical (unpaired) electrons. The Morgan fingerprint density at radius 2 is 1.19 bits per heavy atom. The molecule has 2 aromatic carbocycles. The standard InChI is InChI=1S/C17H23FO5.C6H4BrF/c1-11(2)15(19)22-9-17(21,10-23-16(20)12(3)4)13-5-7-14(18)8-6-13;7-5-1-3-6(8)4-2-5/h5-8,11-12,21H,9-10H2,1-4H3;1-4H. The largest absolute Gasteiger partial charge is 0.462 e. The van der Waals surface area contributed by atoms with E-state index >= 15 is 0 Å². The first-order chi connectivity index (χ1) is 14.4. The first-order valence-electron chi connectivity index (χ1n) is 9.67. The van der Waals surface area contributed by atoms with Crippen LogP contribution in [0.2, 0.25) is 0 Å². The number of aliphatic hydroxyl groups is 1. The number of rotatable bonds is 7. The zero-order chi connectivity index (χ0) is 23.6. The van der Waals surface area contributed by atoms with E-state index in [1.54, 1.807) is 39.8 Å². The zero-order valence-corrected chi connectivity index (χ0v) is 19.5. The van der Waals surface area contributed by atoms with E-state index in [1.165, 1.54) is 36.4 Å². The van der Waals surface area contributed by atoms with Crippen molar-refractivity contribution in [3.63, 3.8) is 0 Å². The normalized spacial score (nSPS) is 11.0. The van der Waals surface area contributed by atoms with Gasteiger partial charge in [-0.25, -0.2) is 8.78 Å². The van der Waals surface area contributed by atoms with Crippen LogP contribution >= 0.6 is 15.9 Å². The van der Waals surface area contributed by atoms with Gasteiger partial charge in [0.2, 0.25) is 0 Å². The fourth-order valence-corrected chi connectivity index (χ4v) is 2.38. The van der Waals surface area contributed by atoms with Crippen LogP contribution in [0.25, 0.3) is 0 Å². The number of carbonyl (C=O) groups is 2.